The van der Waals surface area contributed by atoms with Crippen LogP contribution in [-0.4, -0.2) is 30.9 Å². The Morgan fingerprint density at radius 3 is 2.59 bits per heavy atom. The molecule has 1 amide bonds. The van der Waals surface area contributed by atoms with Crippen molar-refractivity contribution in [3.05, 3.63) is 47.9 Å². The maximum atomic E-state index is 12.5. The molecule has 0 unspecified atom stereocenters. The number of nitrogens with one attached hydrogen (secondary N) is 1. The molecule has 0 saturated heterocycles. The van der Waals surface area contributed by atoms with Crippen LogP contribution in [0.3, 0.4) is 0 Å². The molecule has 2 aromatic carbocycles. The van der Waals surface area contributed by atoms with Crippen molar-refractivity contribution in [3.8, 4) is 34.5 Å². The SMILES string of the molecule is Cc1oc(-c2ccc3c(c2)OCO3)nc1CC(=O)Nc1ccc2c(c1)OCCO2. The number of nitrogens with zero attached hydrogens (tertiary/aromatic N) is 1. The summed E-state index contributed by atoms with van der Waals surface area (Å²) in [7, 11) is 0. The van der Waals surface area contributed by atoms with E-state index < -0.39 is 0 Å². The summed E-state index contributed by atoms with van der Waals surface area (Å²) >= 11 is 0. The zero-order valence-corrected chi connectivity index (χ0v) is 15.7. The second-order valence-electron chi connectivity index (χ2n) is 6.67. The molecular formula is C21H18N2O6. The van der Waals surface area contributed by atoms with Crippen molar-refractivity contribution in [1.82, 2.24) is 4.98 Å². The normalized spacial score (nSPS) is 14.0. The molecule has 3 aromatic rings. The Bertz CT molecular complexity index is 1090. The van der Waals surface area contributed by atoms with E-state index in [-0.39, 0.29) is 19.1 Å². The lowest BCUT2D eigenvalue weighted by atomic mass is 10.2. The second kappa shape index (κ2) is 7.05. The van der Waals surface area contributed by atoms with E-state index in [0.717, 1.165) is 5.56 Å². The Balaban J connectivity index is 1.30. The number of aryl methyl sites for hydroxylation is 1. The van der Waals surface area contributed by atoms with Gasteiger partial charge < -0.3 is 28.7 Å². The summed E-state index contributed by atoms with van der Waals surface area (Å²) in [4.78, 5) is 17.0. The first-order valence-corrected chi connectivity index (χ1v) is 9.21. The minimum absolute atomic E-state index is 0.0916. The summed E-state index contributed by atoms with van der Waals surface area (Å²) in [5, 5.41) is 2.86. The summed E-state index contributed by atoms with van der Waals surface area (Å²) in [5.74, 6) is 3.47. The predicted molar refractivity (Wildman–Crippen MR) is 103 cm³/mol. The number of fused-ring (bicyclic) bond motifs is 2. The van der Waals surface area contributed by atoms with Gasteiger partial charge in [-0.25, -0.2) is 4.98 Å². The Kier molecular flexibility index (Phi) is 4.23. The number of ether oxygens (including phenoxy) is 4. The van der Waals surface area contributed by atoms with Gasteiger partial charge in [-0.05, 0) is 37.3 Å². The number of rotatable bonds is 4. The number of hydrogen-bond acceptors (Lipinski definition) is 7. The number of benzene rings is 2. The van der Waals surface area contributed by atoms with E-state index in [9.17, 15) is 4.79 Å². The highest BCUT2D eigenvalue weighted by atomic mass is 16.7. The van der Waals surface area contributed by atoms with Crippen LogP contribution >= 0.6 is 0 Å². The molecule has 0 saturated carbocycles. The Morgan fingerprint density at radius 1 is 0.966 bits per heavy atom. The highest BCUT2D eigenvalue weighted by molar-refractivity contribution is 5.92. The van der Waals surface area contributed by atoms with Crippen molar-refractivity contribution >= 4 is 11.6 Å². The van der Waals surface area contributed by atoms with Crippen LogP contribution in [-0.2, 0) is 11.2 Å². The highest BCUT2D eigenvalue weighted by Gasteiger charge is 2.19. The van der Waals surface area contributed by atoms with Gasteiger partial charge >= 0.3 is 0 Å². The van der Waals surface area contributed by atoms with E-state index in [1.807, 2.05) is 18.2 Å². The van der Waals surface area contributed by atoms with Crippen LogP contribution < -0.4 is 24.3 Å². The van der Waals surface area contributed by atoms with Gasteiger partial charge in [-0.3, -0.25) is 4.79 Å². The van der Waals surface area contributed by atoms with E-state index in [0.29, 0.717) is 59.2 Å². The van der Waals surface area contributed by atoms with Gasteiger partial charge in [0, 0.05) is 17.3 Å². The van der Waals surface area contributed by atoms with E-state index in [1.54, 1.807) is 25.1 Å². The average molecular weight is 394 g/mol. The summed E-state index contributed by atoms with van der Waals surface area (Å²) in [6, 6.07) is 10.8. The molecule has 1 N–H and O–H groups in total. The van der Waals surface area contributed by atoms with Crippen molar-refractivity contribution in [3.63, 3.8) is 0 Å². The molecule has 148 valence electrons. The number of aromatic nitrogens is 1. The molecule has 0 bridgehead atoms. The molecular weight excluding hydrogens is 376 g/mol. The van der Waals surface area contributed by atoms with Crippen LogP contribution in [0.5, 0.6) is 23.0 Å². The van der Waals surface area contributed by atoms with Crippen molar-refractivity contribution in [2.45, 2.75) is 13.3 Å². The van der Waals surface area contributed by atoms with Gasteiger partial charge in [0.15, 0.2) is 23.0 Å². The molecule has 0 radical (unpaired) electrons. The van der Waals surface area contributed by atoms with E-state index in [2.05, 4.69) is 10.3 Å². The summed E-state index contributed by atoms with van der Waals surface area (Å²) in [6.07, 6.45) is 0.0916. The third kappa shape index (κ3) is 3.44. The number of oxazole rings is 1. The molecule has 29 heavy (non-hydrogen) atoms. The zero-order valence-electron chi connectivity index (χ0n) is 15.7. The number of carbonyl (C=O) groups is 1. The lowest BCUT2D eigenvalue weighted by molar-refractivity contribution is -0.115. The quantitative estimate of drug-likeness (QED) is 0.726. The molecule has 0 spiro atoms. The van der Waals surface area contributed by atoms with Crippen molar-refractivity contribution in [2.75, 3.05) is 25.3 Å². The standard InChI is InChI=1S/C21H18N2O6/c1-12-15(23-21(29-12)13-2-4-17-18(8-13)28-11-27-17)10-20(24)22-14-3-5-16-19(9-14)26-7-6-25-16/h2-5,8-9H,6-7,10-11H2,1H3,(H,22,24). The van der Waals surface area contributed by atoms with Crippen molar-refractivity contribution in [1.29, 1.82) is 0 Å². The largest absolute Gasteiger partial charge is 0.486 e. The smallest absolute Gasteiger partial charge is 0.231 e. The highest BCUT2D eigenvalue weighted by Crippen LogP contribution is 2.36. The molecule has 0 aliphatic carbocycles. The molecule has 0 atom stereocenters. The first-order chi connectivity index (χ1) is 14.2. The minimum atomic E-state index is -0.199. The summed E-state index contributed by atoms with van der Waals surface area (Å²) in [5.41, 5.74) is 1.97. The van der Waals surface area contributed by atoms with Gasteiger partial charge in [0.1, 0.15) is 19.0 Å². The van der Waals surface area contributed by atoms with E-state index >= 15 is 0 Å². The maximum Gasteiger partial charge on any atom is 0.231 e. The van der Waals surface area contributed by atoms with Crippen LogP contribution in [0.25, 0.3) is 11.5 Å². The Labute approximate surface area is 166 Å². The molecule has 5 rings (SSSR count). The summed E-state index contributed by atoms with van der Waals surface area (Å²) < 4.78 is 27.5. The van der Waals surface area contributed by atoms with Crippen LogP contribution in [0.1, 0.15) is 11.5 Å². The maximum absolute atomic E-state index is 12.5. The van der Waals surface area contributed by atoms with Gasteiger partial charge in [-0.2, -0.15) is 0 Å². The Hall–Kier alpha value is -3.68. The zero-order chi connectivity index (χ0) is 19.8. The fourth-order valence-corrected chi connectivity index (χ4v) is 3.22. The number of hydrogen-bond donors (Lipinski definition) is 1. The fraction of sp³-hybridized carbons (Fsp3) is 0.238. The molecule has 2 aliphatic heterocycles. The van der Waals surface area contributed by atoms with Gasteiger partial charge in [0.25, 0.3) is 0 Å². The molecule has 1 aromatic heterocycles. The lowest BCUT2D eigenvalue weighted by Gasteiger charge is -2.18. The fourth-order valence-electron chi connectivity index (χ4n) is 3.22. The predicted octanol–water partition coefficient (Wildman–Crippen LogP) is 3.33. The summed E-state index contributed by atoms with van der Waals surface area (Å²) in [6.45, 7) is 3.01. The molecule has 0 fully saturated rings. The third-order valence-electron chi connectivity index (χ3n) is 4.67. The van der Waals surface area contributed by atoms with Crippen LogP contribution in [0.4, 0.5) is 5.69 Å². The van der Waals surface area contributed by atoms with Gasteiger partial charge in [0.2, 0.25) is 18.6 Å². The van der Waals surface area contributed by atoms with Crippen LogP contribution in [0.2, 0.25) is 0 Å². The minimum Gasteiger partial charge on any atom is -0.486 e. The van der Waals surface area contributed by atoms with Gasteiger partial charge in [-0.1, -0.05) is 0 Å². The topological polar surface area (TPSA) is 92.1 Å². The van der Waals surface area contributed by atoms with Gasteiger partial charge in [0.05, 0.1) is 12.1 Å². The van der Waals surface area contributed by atoms with Crippen LogP contribution in [0, 0.1) is 6.92 Å². The van der Waals surface area contributed by atoms with Crippen LogP contribution in [0.15, 0.2) is 40.8 Å². The molecule has 2 aliphatic rings. The number of anilines is 1. The monoisotopic (exact) mass is 394 g/mol. The van der Waals surface area contributed by atoms with E-state index in [1.165, 1.54) is 0 Å². The second-order valence-corrected chi connectivity index (χ2v) is 6.67. The van der Waals surface area contributed by atoms with Gasteiger partial charge in [-0.15, -0.1) is 0 Å². The Morgan fingerprint density at radius 2 is 1.69 bits per heavy atom. The lowest BCUT2D eigenvalue weighted by Crippen LogP contribution is -2.17. The molecule has 3 heterocycles. The number of carbonyl (C=O) groups excluding carboxylic acids is 1. The van der Waals surface area contributed by atoms with Crippen molar-refractivity contribution < 1.29 is 28.2 Å². The number of amides is 1. The first-order valence-electron chi connectivity index (χ1n) is 9.21. The average Bonchev–Trinajstić information content (AvgIpc) is 3.34. The first kappa shape index (κ1) is 17.4. The molecule has 8 nitrogen and oxygen atoms in total. The molecule has 8 heteroatoms. The van der Waals surface area contributed by atoms with E-state index in [4.69, 9.17) is 23.4 Å². The van der Waals surface area contributed by atoms with Crippen molar-refractivity contribution in [2.24, 2.45) is 0 Å². The third-order valence-corrected chi connectivity index (χ3v) is 4.67.